The molecule has 0 unspecified atom stereocenters. The van der Waals surface area contributed by atoms with Gasteiger partial charge in [-0.15, -0.1) is 0 Å². The number of benzene rings is 1. The molecule has 1 heterocycles. The molecule has 15 heavy (non-hydrogen) atoms. The van der Waals surface area contributed by atoms with Crippen LogP contribution >= 0.6 is 0 Å². The second-order valence-corrected chi connectivity index (χ2v) is 3.44. The largest absolute Gasteiger partial charge is 0.292 e. The second-order valence-electron chi connectivity index (χ2n) is 3.44. The zero-order valence-electron chi connectivity index (χ0n) is 8.86. The summed E-state index contributed by atoms with van der Waals surface area (Å²) in [7, 11) is 1.75. The fraction of sp³-hybridized carbons (Fsp3) is 0.167. The number of aromatic nitrogens is 1. The van der Waals surface area contributed by atoms with Gasteiger partial charge in [0.2, 0.25) is 0 Å². The highest BCUT2D eigenvalue weighted by molar-refractivity contribution is 5.85. The minimum absolute atomic E-state index is 0.834. The lowest BCUT2D eigenvalue weighted by atomic mass is 10.1. The number of hydrogen-bond donors (Lipinski definition) is 1. The molecule has 1 aromatic heterocycles. The third kappa shape index (κ3) is 1.46. The maximum Gasteiger partial charge on any atom is 0.140 e. The van der Waals surface area contributed by atoms with Gasteiger partial charge in [0.05, 0.1) is 6.34 Å². The van der Waals surface area contributed by atoms with E-state index in [1.807, 2.05) is 18.3 Å². The topological polar surface area (TPSA) is 41.1 Å². The Balaban J connectivity index is 3.06. The molecular formula is C12H13N3. The van der Waals surface area contributed by atoms with Gasteiger partial charge in [-0.05, 0) is 23.9 Å². The number of pyridine rings is 1. The van der Waals surface area contributed by atoms with E-state index in [0.717, 1.165) is 16.3 Å². The first kappa shape index (κ1) is 9.65. The Kier molecular flexibility index (Phi) is 2.37. The Morgan fingerprint density at radius 1 is 1.33 bits per heavy atom. The molecule has 0 radical (unpaired) electrons. The monoisotopic (exact) mass is 199 g/mol. The minimum Gasteiger partial charge on any atom is -0.292 e. The van der Waals surface area contributed by atoms with E-state index in [-0.39, 0.29) is 0 Å². The molecule has 0 aliphatic carbocycles. The molecule has 76 valence electrons. The van der Waals surface area contributed by atoms with Crippen LogP contribution in [0.4, 0.5) is 0 Å². The smallest absolute Gasteiger partial charge is 0.140 e. The molecule has 0 amide bonds. The van der Waals surface area contributed by atoms with E-state index in [2.05, 4.69) is 24.0 Å². The quantitative estimate of drug-likeness (QED) is 0.538. The molecule has 3 nitrogen and oxygen atoms in total. The molecule has 2 aromatic rings. The highest BCUT2D eigenvalue weighted by atomic mass is 15.0. The van der Waals surface area contributed by atoms with Crippen molar-refractivity contribution >= 4 is 17.1 Å². The van der Waals surface area contributed by atoms with E-state index in [9.17, 15) is 0 Å². The van der Waals surface area contributed by atoms with E-state index in [1.165, 1.54) is 11.9 Å². The lowest BCUT2D eigenvalue weighted by Gasteiger charge is -2.06. The van der Waals surface area contributed by atoms with Gasteiger partial charge in [-0.25, -0.2) is 0 Å². The van der Waals surface area contributed by atoms with Crippen molar-refractivity contribution in [2.24, 2.45) is 4.99 Å². The van der Waals surface area contributed by atoms with Crippen LogP contribution in [0, 0.1) is 12.3 Å². The van der Waals surface area contributed by atoms with E-state index in [1.54, 1.807) is 11.6 Å². The van der Waals surface area contributed by atoms with Gasteiger partial charge in [-0.1, -0.05) is 18.2 Å². The van der Waals surface area contributed by atoms with Crippen LogP contribution in [0.5, 0.6) is 0 Å². The molecule has 3 heteroatoms. The summed E-state index contributed by atoms with van der Waals surface area (Å²) in [4.78, 5) is 4.24. The number of rotatable bonds is 1. The zero-order chi connectivity index (χ0) is 10.8. The van der Waals surface area contributed by atoms with Crippen LogP contribution in [-0.2, 0) is 0 Å². The Morgan fingerprint density at radius 2 is 2.13 bits per heavy atom. The maximum atomic E-state index is 7.31. The highest BCUT2D eigenvalue weighted by Crippen LogP contribution is 2.13. The third-order valence-electron chi connectivity index (χ3n) is 2.54. The first-order valence-corrected chi connectivity index (χ1v) is 4.82. The Hall–Kier alpha value is -1.90. The fourth-order valence-electron chi connectivity index (χ4n) is 1.83. The number of hydrogen-bond acceptors (Lipinski definition) is 2. The van der Waals surface area contributed by atoms with Gasteiger partial charge in [0, 0.05) is 18.6 Å². The van der Waals surface area contributed by atoms with Crippen molar-refractivity contribution in [3.63, 3.8) is 0 Å². The molecule has 1 N–H and O–H groups in total. The Morgan fingerprint density at radius 3 is 2.80 bits per heavy atom. The molecule has 0 saturated heterocycles. The van der Waals surface area contributed by atoms with Gasteiger partial charge < -0.3 is 0 Å². The van der Waals surface area contributed by atoms with E-state index >= 15 is 0 Å². The van der Waals surface area contributed by atoms with Crippen LogP contribution in [0.25, 0.3) is 10.8 Å². The van der Waals surface area contributed by atoms with Crippen molar-refractivity contribution < 1.29 is 0 Å². The van der Waals surface area contributed by atoms with Crippen molar-refractivity contribution in [1.82, 2.24) is 4.57 Å². The molecule has 0 fully saturated rings. The third-order valence-corrected chi connectivity index (χ3v) is 2.54. The van der Waals surface area contributed by atoms with Gasteiger partial charge in [-0.2, -0.15) is 0 Å². The molecule has 0 aliphatic rings. The van der Waals surface area contributed by atoms with Crippen molar-refractivity contribution in [1.29, 1.82) is 5.41 Å². The van der Waals surface area contributed by atoms with Gasteiger partial charge in [0.1, 0.15) is 5.49 Å². The summed E-state index contributed by atoms with van der Waals surface area (Å²) in [6.07, 6.45) is 3.13. The maximum absolute atomic E-state index is 7.31. The average molecular weight is 199 g/mol. The second kappa shape index (κ2) is 3.69. The normalized spacial score (nSPS) is 12.0. The molecule has 0 spiro atoms. The van der Waals surface area contributed by atoms with Crippen LogP contribution in [0.2, 0.25) is 0 Å². The predicted molar refractivity (Wildman–Crippen MR) is 62.3 cm³/mol. The number of aryl methyl sites for hydroxylation is 1. The van der Waals surface area contributed by atoms with Gasteiger partial charge in [-0.3, -0.25) is 15.0 Å². The van der Waals surface area contributed by atoms with Crippen LogP contribution in [0.15, 0.2) is 35.5 Å². The highest BCUT2D eigenvalue weighted by Gasteiger charge is 2.01. The van der Waals surface area contributed by atoms with Gasteiger partial charge in [0.25, 0.3) is 0 Å². The molecular weight excluding hydrogens is 186 g/mol. The lowest BCUT2D eigenvalue weighted by Crippen LogP contribution is -2.20. The van der Waals surface area contributed by atoms with E-state index < -0.39 is 0 Å². The molecule has 2 rings (SSSR count). The van der Waals surface area contributed by atoms with Crippen LogP contribution in [0.3, 0.4) is 0 Å². The fourth-order valence-corrected chi connectivity index (χ4v) is 1.83. The van der Waals surface area contributed by atoms with Crippen LogP contribution < -0.4 is 5.49 Å². The Bertz CT molecular complexity index is 579. The average Bonchev–Trinajstić information content (AvgIpc) is 2.28. The van der Waals surface area contributed by atoms with E-state index in [4.69, 9.17) is 5.41 Å². The lowest BCUT2D eigenvalue weighted by molar-refractivity contribution is 1.02. The van der Waals surface area contributed by atoms with Crippen molar-refractivity contribution in [3.05, 3.63) is 41.5 Å². The standard InChI is InChI=1S/C12H13N3/c1-9-4-3-5-10-6-7-15(8-13)12(14-2)11(9)10/h3-8,13H,1-2H3. The summed E-state index contributed by atoms with van der Waals surface area (Å²) in [5, 5.41) is 9.59. The Labute approximate surface area is 88.2 Å². The minimum atomic E-state index is 0.834. The molecule has 1 aromatic carbocycles. The van der Waals surface area contributed by atoms with Crippen LogP contribution in [0.1, 0.15) is 5.56 Å². The predicted octanol–water partition coefficient (Wildman–Crippen LogP) is 1.94. The summed E-state index contributed by atoms with van der Waals surface area (Å²) >= 11 is 0. The van der Waals surface area contributed by atoms with Gasteiger partial charge in [0.15, 0.2) is 0 Å². The first-order chi connectivity index (χ1) is 7.27. The number of nitrogens with one attached hydrogen (secondary N) is 1. The first-order valence-electron chi connectivity index (χ1n) is 4.82. The van der Waals surface area contributed by atoms with Gasteiger partial charge >= 0.3 is 0 Å². The molecule has 0 atom stereocenters. The van der Waals surface area contributed by atoms with Crippen LogP contribution in [-0.4, -0.2) is 18.0 Å². The van der Waals surface area contributed by atoms with E-state index in [0.29, 0.717) is 0 Å². The molecule has 0 aliphatic heterocycles. The molecule has 0 saturated carbocycles. The zero-order valence-corrected chi connectivity index (χ0v) is 8.86. The van der Waals surface area contributed by atoms with Crippen molar-refractivity contribution in [2.75, 3.05) is 7.05 Å². The SMILES string of the molecule is CN=c1c2c(C)cccc2ccn1C=N. The summed E-state index contributed by atoms with van der Waals surface area (Å²) < 4.78 is 1.72. The number of nitrogens with zero attached hydrogens (tertiary/aromatic N) is 2. The summed E-state index contributed by atoms with van der Waals surface area (Å²) in [6, 6.07) is 8.16. The van der Waals surface area contributed by atoms with Crippen molar-refractivity contribution in [2.45, 2.75) is 6.92 Å². The summed E-state index contributed by atoms with van der Waals surface area (Å²) in [6.45, 7) is 2.06. The summed E-state index contributed by atoms with van der Waals surface area (Å²) in [5.74, 6) is 0. The molecule has 0 bridgehead atoms. The summed E-state index contributed by atoms with van der Waals surface area (Å²) in [5.41, 5.74) is 2.02. The van der Waals surface area contributed by atoms with Crippen molar-refractivity contribution in [3.8, 4) is 0 Å². The number of fused-ring (bicyclic) bond motifs is 1.